The summed E-state index contributed by atoms with van der Waals surface area (Å²) in [4.78, 5) is 9.24. The zero-order chi connectivity index (χ0) is 13.7. The average molecular weight is 286 g/mol. The number of rotatable bonds is 2. The molecule has 20 heavy (non-hydrogen) atoms. The van der Waals surface area contributed by atoms with Crippen molar-refractivity contribution in [1.82, 2.24) is 14.5 Å². The van der Waals surface area contributed by atoms with Gasteiger partial charge in [0.2, 0.25) is 0 Å². The van der Waals surface area contributed by atoms with Crippen molar-refractivity contribution in [2.45, 2.75) is 37.6 Å². The second kappa shape index (κ2) is 4.45. The number of hydrogen-bond acceptors (Lipinski definition) is 2. The predicted octanol–water partition coefficient (Wildman–Crippen LogP) is 4.61. The van der Waals surface area contributed by atoms with Crippen molar-refractivity contribution in [3.63, 3.8) is 0 Å². The molecule has 0 bridgehead atoms. The molecule has 4 heteroatoms. The van der Waals surface area contributed by atoms with E-state index in [9.17, 15) is 0 Å². The van der Waals surface area contributed by atoms with Crippen LogP contribution in [0.25, 0.3) is 21.9 Å². The molecule has 1 aliphatic rings. The molecule has 1 atom stereocenters. The molecule has 2 heterocycles. The molecule has 0 amide bonds. The summed E-state index contributed by atoms with van der Waals surface area (Å²) >= 11 is 6.35. The van der Waals surface area contributed by atoms with E-state index < -0.39 is 0 Å². The van der Waals surface area contributed by atoms with Gasteiger partial charge >= 0.3 is 0 Å². The fraction of sp³-hybridized carbons (Fsp3) is 0.375. The monoisotopic (exact) mass is 285 g/mol. The van der Waals surface area contributed by atoms with Gasteiger partial charge in [0.05, 0.1) is 22.6 Å². The summed E-state index contributed by atoms with van der Waals surface area (Å²) in [5, 5.41) is 1.09. The first-order chi connectivity index (χ1) is 9.75. The Bertz CT molecular complexity index is 787. The third-order valence-electron chi connectivity index (χ3n) is 4.25. The Morgan fingerprint density at radius 3 is 2.75 bits per heavy atom. The fourth-order valence-corrected chi connectivity index (χ4v) is 3.19. The number of nitrogens with zero attached hydrogens (tertiary/aromatic N) is 3. The molecule has 0 spiro atoms. The van der Waals surface area contributed by atoms with Crippen molar-refractivity contribution in [1.29, 1.82) is 0 Å². The van der Waals surface area contributed by atoms with Gasteiger partial charge in [0.25, 0.3) is 0 Å². The Hall–Kier alpha value is -1.61. The van der Waals surface area contributed by atoms with Crippen LogP contribution in [0.5, 0.6) is 0 Å². The van der Waals surface area contributed by atoms with Crippen LogP contribution in [0, 0.1) is 0 Å². The Morgan fingerprint density at radius 2 is 2.05 bits per heavy atom. The highest BCUT2D eigenvalue weighted by atomic mass is 35.5. The lowest BCUT2D eigenvalue weighted by atomic mass is 9.92. The molecule has 0 radical (unpaired) electrons. The average Bonchev–Trinajstić information content (AvgIpc) is 2.77. The molecule has 102 valence electrons. The summed E-state index contributed by atoms with van der Waals surface area (Å²) < 4.78 is 2.36. The molecular formula is C16H16ClN3. The van der Waals surface area contributed by atoms with E-state index in [1.165, 1.54) is 30.2 Å². The van der Waals surface area contributed by atoms with Crippen molar-refractivity contribution in [2.75, 3.05) is 0 Å². The van der Waals surface area contributed by atoms with Crippen LogP contribution in [0.4, 0.5) is 0 Å². The van der Waals surface area contributed by atoms with Gasteiger partial charge in [-0.3, -0.25) is 4.98 Å². The molecule has 1 aliphatic carbocycles. The number of halogens is 1. The zero-order valence-electron chi connectivity index (χ0n) is 11.4. The lowest BCUT2D eigenvalue weighted by Gasteiger charge is -2.30. The minimum absolute atomic E-state index is 0.0817. The Morgan fingerprint density at radius 1 is 1.25 bits per heavy atom. The minimum atomic E-state index is -0.0817. The first kappa shape index (κ1) is 12.2. The zero-order valence-corrected chi connectivity index (χ0v) is 12.1. The van der Waals surface area contributed by atoms with Crippen molar-refractivity contribution in [2.24, 2.45) is 0 Å². The fourth-order valence-electron chi connectivity index (χ4n) is 3.04. The highest BCUT2D eigenvalue weighted by Crippen LogP contribution is 2.39. The van der Waals surface area contributed by atoms with Crippen molar-refractivity contribution < 1.29 is 0 Å². The number of alkyl halides is 1. The standard InChI is InChI=1S/C16H16ClN3/c1-10(17)16-19-14-9-18-13-8-3-2-7-12(13)15(14)20(16)11-5-4-6-11/h2-3,7-11H,4-6H2,1H3. The van der Waals surface area contributed by atoms with Crippen LogP contribution in [-0.2, 0) is 0 Å². The summed E-state index contributed by atoms with van der Waals surface area (Å²) in [6, 6.07) is 8.81. The van der Waals surface area contributed by atoms with Crippen LogP contribution < -0.4 is 0 Å². The van der Waals surface area contributed by atoms with E-state index in [2.05, 4.69) is 27.8 Å². The predicted molar refractivity (Wildman–Crippen MR) is 82.2 cm³/mol. The van der Waals surface area contributed by atoms with Crippen molar-refractivity contribution >= 4 is 33.5 Å². The lowest BCUT2D eigenvalue weighted by Crippen LogP contribution is -2.19. The van der Waals surface area contributed by atoms with Crippen LogP contribution in [0.3, 0.4) is 0 Å². The lowest BCUT2D eigenvalue weighted by molar-refractivity contribution is 0.313. The first-order valence-corrected chi connectivity index (χ1v) is 7.59. The molecule has 1 unspecified atom stereocenters. The van der Waals surface area contributed by atoms with Gasteiger partial charge in [0.1, 0.15) is 11.3 Å². The van der Waals surface area contributed by atoms with Gasteiger partial charge < -0.3 is 4.57 Å². The molecule has 1 fully saturated rings. The van der Waals surface area contributed by atoms with E-state index in [0.717, 1.165) is 16.9 Å². The van der Waals surface area contributed by atoms with Crippen molar-refractivity contribution in [3.05, 3.63) is 36.3 Å². The highest BCUT2D eigenvalue weighted by molar-refractivity contribution is 6.20. The smallest absolute Gasteiger partial charge is 0.128 e. The highest BCUT2D eigenvalue weighted by Gasteiger charge is 2.27. The number of pyridine rings is 1. The van der Waals surface area contributed by atoms with Gasteiger partial charge in [-0.1, -0.05) is 18.2 Å². The van der Waals surface area contributed by atoms with Gasteiger partial charge in [0.15, 0.2) is 0 Å². The van der Waals surface area contributed by atoms with Crippen LogP contribution >= 0.6 is 11.6 Å². The molecule has 4 rings (SSSR count). The maximum Gasteiger partial charge on any atom is 0.128 e. The summed E-state index contributed by atoms with van der Waals surface area (Å²) in [7, 11) is 0. The van der Waals surface area contributed by atoms with E-state index >= 15 is 0 Å². The Balaban J connectivity index is 2.12. The SMILES string of the molecule is CC(Cl)c1nc2cnc3ccccc3c2n1C1CCC1. The molecule has 0 aliphatic heterocycles. The number of fused-ring (bicyclic) bond motifs is 3. The number of aromatic nitrogens is 3. The molecule has 2 aromatic heterocycles. The number of hydrogen-bond donors (Lipinski definition) is 0. The van der Waals surface area contributed by atoms with E-state index in [0.29, 0.717) is 6.04 Å². The second-order valence-electron chi connectivity index (χ2n) is 5.55. The molecular weight excluding hydrogens is 270 g/mol. The van der Waals surface area contributed by atoms with Crippen LogP contribution in [0.15, 0.2) is 30.5 Å². The molecule has 3 nitrogen and oxygen atoms in total. The van der Waals surface area contributed by atoms with Crippen LogP contribution in [0.1, 0.15) is 43.4 Å². The molecule has 1 aromatic carbocycles. The maximum atomic E-state index is 6.35. The summed E-state index contributed by atoms with van der Waals surface area (Å²) in [5.74, 6) is 0.976. The molecule has 1 saturated carbocycles. The first-order valence-electron chi connectivity index (χ1n) is 7.15. The van der Waals surface area contributed by atoms with E-state index in [1.54, 1.807) is 0 Å². The third kappa shape index (κ3) is 1.66. The van der Waals surface area contributed by atoms with Gasteiger partial charge in [-0.05, 0) is 32.3 Å². The normalized spacial score (nSPS) is 17.5. The number of para-hydroxylation sites is 1. The molecule has 0 N–H and O–H groups in total. The second-order valence-corrected chi connectivity index (χ2v) is 6.20. The third-order valence-corrected chi connectivity index (χ3v) is 4.44. The Kier molecular flexibility index (Phi) is 2.71. The van der Waals surface area contributed by atoms with Gasteiger partial charge in [0, 0.05) is 11.4 Å². The van der Waals surface area contributed by atoms with E-state index in [-0.39, 0.29) is 5.38 Å². The minimum Gasteiger partial charge on any atom is -0.323 e. The maximum absolute atomic E-state index is 6.35. The molecule has 0 saturated heterocycles. The van der Waals surface area contributed by atoms with Crippen molar-refractivity contribution in [3.8, 4) is 0 Å². The van der Waals surface area contributed by atoms with E-state index in [1.807, 2.05) is 19.2 Å². The summed E-state index contributed by atoms with van der Waals surface area (Å²) in [6.07, 6.45) is 5.61. The Labute approximate surface area is 122 Å². The summed E-state index contributed by atoms with van der Waals surface area (Å²) in [6.45, 7) is 1.99. The quantitative estimate of drug-likeness (QED) is 0.644. The number of benzene rings is 1. The van der Waals surface area contributed by atoms with Crippen LogP contribution in [0.2, 0.25) is 0 Å². The largest absolute Gasteiger partial charge is 0.323 e. The van der Waals surface area contributed by atoms with Gasteiger partial charge in [-0.15, -0.1) is 11.6 Å². The number of imidazole rings is 1. The van der Waals surface area contributed by atoms with Gasteiger partial charge in [-0.25, -0.2) is 4.98 Å². The topological polar surface area (TPSA) is 30.7 Å². The summed E-state index contributed by atoms with van der Waals surface area (Å²) in [5.41, 5.74) is 3.18. The van der Waals surface area contributed by atoms with Crippen LogP contribution in [-0.4, -0.2) is 14.5 Å². The van der Waals surface area contributed by atoms with Gasteiger partial charge in [-0.2, -0.15) is 0 Å². The molecule has 3 aromatic rings. The van der Waals surface area contributed by atoms with E-state index in [4.69, 9.17) is 16.6 Å².